The Kier molecular flexibility index (Phi) is 2.75. The second-order valence-corrected chi connectivity index (χ2v) is 5.36. The maximum absolute atomic E-state index is 11.4. The molecule has 15 heavy (non-hydrogen) atoms. The van der Waals surface area contributed by atoms with Crippen LogP contribution in [0.1, 0.15) is 46.0 Å². The SMILES string of the molecule is CC1CCN1C1CCCCC1(C)C(=O)O. The van der Waals surface area contributed by atoms with Gasteiger partial charge in [0.05, 0.1) is 5.41 Å². The summed E-state index contributed by atoms with van der Waals surface area (Å²) in [5, 5.41) is 9.40. The Morgan fingerprint density at radius 3 is 2.60 bits per heavy atom. The van der Waals surface area contributed by atoms with Crippen LogP contribution in [0.25, 0.3) is 0 Å². The molecule has 3 nitrogen and oxygen atoms in total. The lowest BCUT2D eigenvalue weighted by molar-refractivity contribution is -0.158. The number of aliphatic carboxylic acids is 1. The summed E-state index contributed by atoms with van der Waals surface area (Å²) in [6.45, 7) is 5.24. The van der Waals surface area contributed by atoms with E-state index in [1.54, 1.807) is 0 Å². The van der Waals surface area contributed by atoms with Gasteiger partial charge in [0.1, 0.15) is 0 Å². The van der Waals surface area contributed by atoms with Crippen LogP contribution >= 0.6 is 0 Å². The van der Waals surface area contributed by atoms with Crippen LogP contribution in [0.3, 0.4) is 0 Å². The zero-order valence-corrected chi connectivity index (χ0v) is 9.70. The van der Waals surface area contributed by atoms with Crippen LogP contribution in [0.15, 0.2) is 0 Å². The summed E-state index contributed by atoms with van der Waals surface area (Å²) in [5.74, 6) is -0.605. The Morgan fingerprint density at radius 1 is 1.40 bits per heavy atom. The third-order valence-electron chi connectivity index (χ3n) is 4.42. The molecule has 1 saturated carbocycles. The Labute approximate surface area is 91.5 Å². The summed E-state index contributed by atoms with van der Waals surface area (Å²) in [6.07, 6.45) is 5.40. The second-order valence-electron chi connectivity index (χ2n) is 5.36. The van der Waals surface area contributed by atoms with E-state index in [0.717, 1.165) is 25.8 Å². The molecule has 0 spiro atoms. The number of likely N-dealkylation sites (tertiary alicyclic amines) is 1. The molecule has 1 aliphatic carbocycles. The minimum absolute atomic E-state index is 0.271. The minimum atomic E-state index is -0.605. The number of rotatable bonds is 2. The van der Waals surface area contributed by atoms with Crippen LogP contribution in [0.2, 0.25) is 0 Å². The number of carboxylic acids is 1. The van der Waals surface area contributed by atoms with Crippen molar-refractivity contribution in [3.63, 3.8) is 0 Å². The normalized spacial score (nSPS) is 42.3. The molecule has 3 atom stereocenters. The molecule has 3 unspecified atom stereocenters. The number of hydrogen-bond donors (Lipinski definition) is 1. The van der Waals surface area contributed by atoms with Gasteiger partial charge in [0.2, 0.25) is 0 Å². The number of carboxylic acid groups (broad SMARTS) is 1. The van der Waals surface area contributed by atoms with E-state index in [0.29, 0.717) is 6.04 Å². The largest absolute Gasteiger partial charge is 0.481 e. The molecule has 3 heteroatoms. The lowest BCUT2D eigenvalue weighted by Crippen LogP contribution is -2.60. The van der Waals surface area contributed by atoms with E-state index in [-0.39, 0.29) is 6.04 Å². The molecule has 0 aromatic carbocycles. The van der Waals surface area contributed by atoms with Crippen LogP contribution in [-0.2, 0) is 4.79 Å². The van der Waals surface area contributed by atoms with Crippen LogP contribution in [0.5, 0.6) is 0 Å². The predicted octanol–water partition coefficient (Wildman–Crippen LogP) is 2.11. The van der Waals surface area contributed by atoms with Crippen molar-refractivity contribution in [3.05, 3.63) is 0 Å². The standard InChI is InChI=1S/C12H21NO2/c1-9-6-8-13(9)10-5-3-4-7-12(10,2)11(14)15/h9-10H,3-8H2,1-2H3,(H,14,15). The molecular weight excluding hydrogens is 190 g/mol. The van der Waals surface area contributed by atoms with Crippen molar-refractivity contribution in [2.75, 3.05) is 6.54 Å². The van der Waals surface area contributed by atoms with E-state index >= 15 is 0 Å². The number of carbonyl (C=O) groups is 1. The molecule has 0 radical (unpaired) electrons. The molecule has 1 aliphatic heterocycles. The van der Waals surface area contributed by atoms with Gasteiger partial charge in [0, 0.05) is 18.6 Å². The summed E-state index contributed by atoms with van der Waals surface area (Å²) in [7, 11) is 0. The van der Waals surface area contributed by atoms with E-state index in [1.807, 2.05) is 6.92 Å². The van der Waals surface area contributed by atoms with Gasteiger partial charge in [-0.2, -0.15) is 0 Å². The van der Waals surface area contributed by atoms with E-state index in [1.165, 1.54) is 12.8 Å². The smallest absolute Gasteiger partial charge is 0.310 e. The highest BCUT2D eigenvalue weighted by atomic mass is 16.4. The van der Waals surface area contributed by atoms with E-state index in [9.17, 15) is 9.90 Å². The van der Waals surface area contributed by atoms with Crippen molar-refractivity contribution < 1.29 is 9.90 Å². The van der Waals surface area contributed by atoms with Gasteiger partial charge in [-0.25, -0.2) is 0 Å². The van der Waals surface area contributed by atoms with E-state index in [4.69, 9.17) is 0 Å². The van der Waals surface area contributed by atoms with Crippen molar-refractivity contribution in [1.29, 1.82) is 0 Å². The third kappa shape index (κ3) is 1.67. The molecule has 0 amide bonds. The van der Waals surface area contributed by atoms with Crippen molar-refractivity contribution in [1.82, 2.24) is 4.90 Å². The molecule has 1 N–H and O–H groups in total. The Bertz CT molecular complexity index is 266. The summed E-state index contributed by atoms with van der Waals surface area (Å²) in [4.78, 5) is 13.8. The van der Waals surface area contributed by atoms with Crippen molar-refractivity contribution in [2.24, 2.45) is 5.41 Å². The molecular formula is C12H21NO2. The first-order valence-electron chi connectivity index (χ1n) is 6.05. The molecule has 1 saturated heterocycles. The predicted molar refractivity (Wildman–Crippen MR) is 58.8 cm³/mol. The summed E-state index contributed by atoms with van der Waals surface area (Å²) >= 11 is 0. The van der Waals surface area contributed by atoms with Gasteiger partial charge in [0.25, 0.3) is 0 Å². The van der Waals surface area contributed by atoms with Gasteiger partial charge in [0.15, 0.2) is 0 Å². The van der Waals surface area contributed by atoms with Crippen molar-refractivity contribution in [3.8, 4) is 0 Å². The Hall–Kier alpha value is -0.570. The van der Waals surface area contributed by atoms with Gasteiger partial charge in [-0.1, -0.05) is 12.8 Å². The Morgan fingerprint density at radius 2 is 2.13 bits per heavy atom. The van der Waals surface area contributed by atoms with Gasteiger partial charge in [-0.05, 0) is 33.1 Å². The first kappa shape index (κ1) is 10.9. The van der Waals surface area contributed by atoms with E-state index in [2.05, 4.69) is 11.8 Å². The van der Waals surface area contributed by atoms with E-state index < -0.39 is 11.4 Å². The molecule has 2 aliphatic rings. The summed E-state index contributed by atoms with van der Waals surface area (Å²) in [5.41, 5.74) is -0.507. The molecule has 0 aromatic heterocycles. The summed E-state index contributed by atoms with van der Waals surface area (Å²) < 4.78 is 0. The van der Waals surface area contributed by atoms with Crippen LogP contribution in [-0.4, -0.2) is 34.6 Å². The molecule has 0 bridgehead atoms. The average molecular weight is 211 g/mol. The number of nitrogens with zero attached hydrogens (tertiary/aromatic N) is 1. The zero-order chi connectivity index (χ0) is 11.1. The summed E-state index contributed by atoms with van der Waals surface area (Å²) in [6, 6.07) is 0.860. The highest BCUT2D eigenvalue weighted by Crippen LogP contribution is 2.42. The van der Waals surface area contributed by atoms with Crippen molar-refractivity contribution >= 4 is 5.97 Å². The van der Waals surface area contributed by atoms with Crippen LogP contribution < -0.4 is 0 Å². The monoisotopic (exact) mass is 211 g/mol. The molecule has 1 heterocycles. The minimum Gasteiger partial charge on any atom is -0.481 e. The highest BCUT2D eigenvalue weighted by molar-refractivity contribution is 5.75. The first-order chi connectivity index (χ1) is 7.05. The maximum atomic E-state index is 11.4. The first-order valence-corrected chi connectivity index (χ1v) is 6.05. The van der Waals surface area contributed by atoms with Gasteiger partial charge in [-0.3, -0.25) is 9.69 Å². The fourth-order valence-corrected chi connectivity index (χ4v) is 3.10. The van der Waals surface area contributed by atoms with Gasteiger partial charge in [-0.15, -0.1) is 0 Å². The van der Waals surface area contributed by atoms with Gasteiger partial charge < -0.3 is 5.11 Å². The fraction of sp³-hybridized carbons (Fsp3) is 0.917. The topological polar surface area (TPSA) is 40.5 Å². The fourth-order valence-electron chi connectivity index (χ4n) is 3.10. The second kappa shape index (κ2) is 3.78. The van der Waals surface area contributed by atoms with Gasteiger partial charge >= 0.3 is 5.97 Å². The van der Waals surface area contributed by atoms with Crippen molar-refractivity contribution in [2.45, 2.75) is 58.0 Å². The Balaban J connectivity index is 2.15. The zero-order valence-electron chi connectivity index (χ0n) is 9.70. The average Bonchev–Trinajstić information content (AvgIpc) is 2.19. The lowest BCUT2D eigenvalue weighted by atomic mass is 9.69. The van der Waals surface area contributed by atoms with Crippen LogP contribution in [0, 0.1) is 5.41 Å². The highest BCUT2D eigenvalue weighted by Gasteiger charge is 2.48. The quantitative estimate of drug-likeness (QED) is 0.760. The molecule has 2 fully saturated rings. The number of hydrogen-bond acceptors (Lipinski definition) is 2. The maximum Gasteiger partial charge on any atom is 0.310 e. The molecule has 2 rings (SSSR count). The lowest BCUT2D eigenvalue weighted by Gasteiger charge is -2.52. The molecule has 86 valence electrons. The molecule has 0 aromatic rings. The van der Waals surface area contributed by atoms with Crippen LogP contribution in [0.4, 0.5) is 0 Å². The third-order valence-corrected chi connectivity index (χ3v) is 4.42.